The van der Waals surface area contributed by atoms with E-state index >= 15 is 0 Å². The number of amides is 3. The number of Topliss-reactive ketones (excluding diaryl/α,β-unsaturated/α-hetero) is 3. The molecule has 0 aliphatic rings. The van der Waals surface area contributed by atoms with Crippen LogP contribution in [0.15, 0.2) is 196 Å². The van der Waals surface area contributed by atoms with Crippen molar-refractivity contribution in [3.05, 3.63) is 230 Å². The minimum absolute atomic E-state index is 0.0204. The standard InChI is InChI=1S/C21H24N4O2.C20H23N5O2.C20H22N4O2/c1-24-11-5-8-19(24)20(26)14-18(9-12-25-13-10-22-16-25)21(27)23-15-17-6-3-2-4-7-17;1-24-11-5-8-18(24)19(26)14-17(9-12-25-13-10-22-23-25)20(27)21-15-16-6-3-2-4-7-16;1-23-10-5-8-18(23)19(25)12-17(14-24-11-9-21-15-24)20(26)22-13-16-6-3-2-4-7-16/h2-8,10-11,13,16,18H,9,12,14-15H2,1H3,(H,23,27);2-8,10-11,13,17H,9,12,14-15H2,1H3,(H,21,27);2-11,15,17H,12-14H2,1H3,(H,22,26)/t18-;2*17-/m100/s1. The highest BCUT2D eigenvalue weighted by atomic mass is 16.2. The molecule has 3 aromatic carbocycles. The Hall–Kier alpha value is -9.52. The van der Waals surface area contributed by atoms with Gasteiger partial charge in [-0.15, -0.1) is 5.10 Å². The summed E-state index contributed by atoms with van der Waals surface area (Å²) in [5.74, 6) is -1.74. The fourth-order valence-corrected chi connectivity index (χ4v) is 8.93. The summed E-state index contributed by atoms with van der Waals surface area (Å²) in [5, 5.41) is 16.6. The van der Waals surface area contributed by atoms with Crippen molar-refractivity contribution >= 4 is 35.1 Å². The number of benzene rings is 3. The van der Waals surface area contributed by atoms with Crippen molar-refractivity contribution in [1.82, 2.24) is 63.7 Å². The summed E-state index contributed by atoms with van der Waals surface area (Å²) in [6, 6.07) is 40.0. The van der Waals surface area contributed by atoms with Crippen LogP contribution in [0.2, 0.25) is 0 Å². The fourth-order valence-electron chi connectivity index (χ4n) is 8.93. The van der Waals surface area contributed by atoms with Crippen molar-refractivity contribution in [3.8, 4) is 0 Å². The van der Waals surface area contributed by atoms with E-state index in [1.165, 1.54) is 0 Å². The molecular weight excluding hydrogens is 1010 g/mol. The number of rotatable bonds is 26. The predicted octanol–water partition coefficient (Wildman–Crippen LogP) is 7.46. The van der Waals surface area contributed by atoms with Crippen LogP contribution in [0, 0.1) is 17.8 Å². The molecule has 0 bridgehead atoms. The molecule has 0 fully saturated rings. The molecule has 6 heterocycles. The molecule has 0 saturated carbocycles. The summed E-state index contributed by atoms with van der Waals surface area (Å²) in [4.78, 5) is 84.2. The average Bonchev–Trinajstić information content (AvgIpc) is 4.36. The molecule has 6 aromatic heterocycles. The number of carbonyl (C=O) groups excluding carboxylic acids is 6. The Morgan fingerprint density at radius 1 is 0.425 bits per heavy atom. The van der Waals surface area contributed by atoms with Crippen LogP contribution in [0.5, 0.6) is 0 Å². The Kier molecular flexibility index (Phi) is 22.1. The van der Waals surface area contributed by atoms with Gasteiger partial charge in [-0.2, -0.15) is 0 Å². The van der Waals surface area contributed by atoms with Gasteiger partial charge in [-0.25, -0.2) is 9.97 Å². The smallest absolute Gasteiger partial charge is 0.225 e. The summed E-state index contributed by atoms with van der Waals surface area (Å²) in [6.07, 6.45) is 20.8. The van der Waals surface area contributed by atoms with E-state index < -0.39 is 17.8 Å². The van der Waals surface area contributed by atoms with Crippen LogP contribution in [0.1, 0.15) is 80.3 Å². The largest absolute Gasteiger partial charge is 0.352 e. The van der Waals surface area contributed by atoms with Crippen LogP contribution < -0.4 is 16.0 Å². The topological polar surface area (TPSA) is 220 Å². The van der Waals surface area contributed by atoms with Gasteiger partial charge in [-0.3, -0.25) is 33.4 Å². The third-order valence-electron chi connectivity index (χ3n) is 13.5. The van der Waals surface area contributed by atoms with Gasteiger partial charge in [0.1, 0.15) is 0 Å². The molecule has 9 aromatic rings. The van der Waals surface area contributed by atoms with Gasteiger partial charge in [-0.05, 0) is 65.9 Å². The van der Waals surface area contributed by atoms with Gasteiger partial charge in [0.15, 0.2) is 17.3 Å². The zero-order valence-corrected chi connectivity index (χ0v) is 45.4. The van der Waals surface area contributed by atoms with E-state index in [4.69, 9.17) is 0 Å². The second-order valence-electron chi connectivity index (χ2n) is 19.4. The lowest BCUT2D eigenvalue weighted by atomic mass is 9.96. The maximum Gasteiger partial charge on any atom is 0.225 e. The Morgan fingerprint density at radius 2 is 0.812 bits per heavy atom. The number of hydrogen-bond donors (Lipinski definition) is 3. The van der Waals surface area contributed by atoms with Crippen LogP contribution in [0.3, 0.4) is 0 Å². The third kappa shape index (κ3) is 18.3. The summed E-state index contributed by atoms with van der Waals surface area (Å²) in [6.45, 7) is 2.93. The molecule has 3 atom stereocenters. The van der Waals surface area contributed by atoms with Gasteiger partial charge in [0, 0.05) is 141 Å². The molecule has 414 valence electrons. The highest BCUT2D eigenvalue weighted by Gasteiger charge is 2.26. The molecule has 0 spiro atoms. The van der Waals surface area contributed by atoms with E-state index in [0.717, 1.165) is 16.7 Å². The molecule has 0 aliphatic heterocycles. The van der Waals surface area contributed by atoms with Crippen molar-refractivity contribution in [2.24, 2.45) is 38.9 Å². The van der Waals surface area contributed by atoms with Gasteiger partial charge >= 0.3 is 0 Å². The van der Waals surface area contributed by atoms with E-state index in [1.807, 2.05) is 164 Å². The number of carbonyl (C=O) groups is 6. The van der Waals surface area contributed by atoms with Crippen molar-refractivity contribution in [2.45, 2.75) is 71.4 Å². The van der Waals surface area contributed by atoms with Crippen molar-refractivity contribution in [1.29, 1.82) is 0 Å². The second kappa shape index (κ2) is 30.4. The summed E-state index contributed by atoms with van der Waals surface area (Å²) in [5.41, 5.74) is 4.92. The SMILES string of the molecule is Cn1cccc1C(=O)C[C@@H](CCn1ccnc1)C(=O)NCc1ccccc1.Cn1cccc1C(=O)C[C@@H](Cn1ccnc1)C(=O)NCc1ccccc1.Cn1cccc1C(=O)C[C@H](CCn1ccnn1)C(=O)NCc1ccccc1. The molecule has 0 aliphatic carbocycles. The number of aryl methyl sites for hydroxylation is 5. The van der Waals surface area contributed by atoms with Crippen LogP contribution in [-0.2, 0) is 74.8 Å². The van der Waals surface area contributed by atoms with Crippen LogP contribution >= 0.6 is 0 Å². The minimum Gasteiger partial charge on any atom is -0.352 e. The first-order valence-electron chi connectivity index (χ1n) is 26.5. The highest BCUT2D eigenvalue weighted by Crippen LogP contribution is 2.19. The third-order valence-corrected chi connectivity index (χ3v) is 13.5. The molecular formula is C61H69N13O6. The van der Waals surface area contributed by atoms with Crippen LogP contribution in [-0.4, -0.2) is 82.9 Å². The van der Waals surface area contributed by atoms with Crippen LogP contribution in [0.25, 0.3) is 0 Å². The van der Waals surface area contributed by atoms with Gasteiger partial charge in [0.05, 0.1) is 41.9 Å². The molecule has 19 heteroatoms. The Bertz CT molecular complexity index is 3150. The monoisotopic (exact) mass is 1080 g/mol. The maximum atomic E-state index is 12.8. The van der Waals surface area contributed by atoms with Crippen LogP contribution in [0.4, 0.5) is 0 Å². The van der Waals surface area contributed by atoms with E-state index in [2.05, 4.69) is 36.2 Å². The molecule has 3 N–H and O–H groups in total. The Labute approximate surface area is 465 Å². The fraction of sp³-hybridized carbons (Fsp3) is 0.279. The predicted molar refractivity (Wildman–Crippen MR) is 302 cm³/mol. The molecule has 80 heavy (non-hydrogen) atoms. The number of imidazole rings is 2. The second-order valence-corrected chi connectivity index (χ2v) is 19.4. The zero-order chi connectivity index (χ0) is 56.5. The minimum atomic E-state index is -0.463. The van der Waals surface area contributed by atoms with E-state index in [1.54, 1.807) is 80.2 Å². The molecule has 3 amide bonds. The van der Waals surface area contributed by atoms with Gasteiger partial charge in [0.2, 0.25) is 17.7 Å². The number of aromatic nitrogens is 10. The average molecular weight is 1080 g/mol. The highest BCUT2D eigenvalue weighted by molar-refractivity contribution is 5.99. The van der Waals surface area contributed by atoms with Crippen molar-refractivity contribution in [2.75, 3.05) is 0 Å². The lowest BCUT2D eigenvalue weighted by Gasteiger charge is -2.17. The van der Waals surface area contributed by atoms with Gasteiger partial charge in [-0.1, -0.05) is 96.2 Å². The summed E-state index contributed by atoms with van der Waals surface area (Å²) >= 11 is 0. The Morgan fingerprint density at radius 3 is 1.18 bits per heavy atom. The van der Waals surface area contributed by atoms with Gasteiger partial charge < -0.3 is 38.8 Å². The molecule has 9 rings (SSSR count). The molecule has 0 saturated heterocycles. The number of ketones is 3. The summed E-state index contributed by atoms with van der Waals surface area (Å²) < 4.78 is 10.8. The lowest BCUT2D eigenvalue weighted by molar-refractivity contribution is -0.126. The first-order chi connectivity index (χ1) is 38.9. The zero-order valence-electron chi connectivity index (χ0n) is 45.4. The number of nitrogens with one attached hydrogen (secondary N) is 3. The van der Waals surface area contributed by atoms with E-state index in [-0.39, 0.29) is 54.3 Å². The van der Waals surface area contributed by atoms with Crippen molar-refractivity contribution < 1.29 is 28.8 Å². The molecule has 19 nitrogen and oxygen atoms in total. The molecule has 0 radical (unpaired) electrons. The summed E-state index contributed by atoms with van der Waals surface area (Å²) in [7, 11) is 5.49. The lowest BCUT2D eigenvalue weighted by Crippen LogP contribution is -2.34. The normalized spacial score (nSPS) is 11.9. The maximum absolute atomic E-state index is 12.8. The van der Waals surface area contributed by atoms with Gasteiger partial charge in [0.25, 0.3) is 0 Å². The van der Waals surface area contributed by atoms with Crippen molar-refractivity contribution in [3.63, 3.8) is 0 Å². The van der Waals surface area contributed by atoms with E-state index in [9.17, 15) is 28.8 Å². The number of hydrogen-bond acceptors (Lipinski definition) is 10. The first kappa shape index (κ1) is 58.2. The molecule has 0 unspecified atom stereocenters. The van der Waals surface area contributed by atoms with E-state index in [0.29, 0.717) is 69.2 Å². The first-order valence-corrected chi connectivity index (χ1v) is 26.5. The quantitative estimate of drug-likeness (QED) is 0.0455. The number of nitrogens with zero attached hydrogens (tertiary/aromatic N) is 10. The Balaban J connectivity index is 0.000000173.